The van der Waals surface area contributed by atoms with Crippen LogP contribution in [-0.4, -0.2) is 55.9 Å². The fourth-order valence-corrected chi connectivity index (χ4v) is 3.21. The molecule has 31 heavy (non-hydrogen) atoms. The summed E-state index contributed by atoms with van der Waals surface area (Å²) >= 11 is 0. The minimum Gasteiger partial charge on any atom is -0.497 e. The average molecular weight is 423 g/mol. The van der Waals surface area contributed by atoms with Crippen LogP contribution in [0.25, 0.3) is 10.9 Å². The highest BCUT2D eigenvalue weighted by molar-refractivity contribution is 5.90. The van der Waals surface area contributed by atoms with E-state index in [0.29, 0.717) is 13.2 Å². The molecule has 164 valence electrons. The second kappa shape index (κ2) is 10.0. The van der Waals surface area contributed by atoms with E-state index in [1.54, 1.807) is 14.2 Å². The van der Waals surface area contributed by atoms with Crippen LogP contribution >= 0.6 is 0 Å². The Morgan fingerprint density at radius 3 is 2.35 bits per heavy atom. The van der Waals surface area contributed by atoms with Gasteiger partial charge in [0.2, 0.25) is 0 Å². The molecule has 7 heteroatoms. The number of aryl methyl sites for hydroxylation is 1. The molecule has 0 amide bonds. The first-order valence-electron chi connectivity index (χ1n) is 10.1. The van der Waals surface area contributed by atoms with Gasteiger partial charge in [0.25, 0.3) is 0 Å². The summed E-state index contributed by atoms with van der Waals surface area (Å²) in [4.78, 5) is 11.7. The fraction of sp³-hybridized carbons (Fsp3) is 0.333. The predicted octanol–water partition coefficient (Wildman–Crippen LogP) is 4.65. The lowest BCUT2D eigenvalue weighted by atomic mass is 10.2. The number of oxime groups is 1. The van der Waals surface area contributed by atoms with E-state index >= 15 is 0 Å². The number of hydrogen-bond acceptors (Lipinski definition) is 5. The van der Waals surface area contributed by atoms with Gasteiger partial charge in [0.05, 0.1) is 19.3 Å². The number of hydrogen-bond donors (Lipinski definition) is 0. The van der Waals surface area contributed by atoms with Crippen molar-refractivity contribution in [2.45, 2.75) is 20.4 Å². The van der Waals surface area contributed by atoms with Crippen molar-refractivity contribution in [2.24, 2.45) is 10.1 Å². The van der Waals surface area contributed by atoms with E-state index in [1.165, 1.54) is 0 Å². The maximum absolute atomic E-state index is 5.90. The topological polar surface area (TPSA) is 60.6 Å². The predicted molar refractivity (Wildman–Crippen MR) is 126 cm³/mol. The molecule has 0 bridgehead atoms. The standard InChI is InChI=1S/C24H30N4O3/c1-17-13-19-14-20(25-18(2)27(3)4)7-12-24(19)28(17)15-21(26-30-6)16-31-23-10-8-22(29-5)9-11-23/h7-14H,15-16H2,1-6H3/b25-18+,26-21-. The summed E-state index contributed by atoms with van der Waals surface area (Å²) in [6.07, 6.45) is 0. The zero-order valence-corrected chi connectivity index (χ0v) is 19.0. The minimum atomic E-state index is 0.323. The van der Waals surface area contributed by atoms with Crippen LogP contribution in [0.15, 0.2) is 58.7 Å². The first-order chi connectivity index (χ1) is 14.9. The third-order valence-electron chi connectivity index (χ3n) is 5.06. The van der Waals surface area contributed by atoms with E-state index < -0.39 is 0 Å². The Kier molecular flexibility index (Phi) is 7.18. The highest BCUT2D eigenvalue weighted by Gasteiger charge is 2.11. The Morgan fingerprint density at radius 2 is 1.71 bits per heavy atom. The summed E-state index contributed by atoms with van der Waals surface area (Å²) in [6, 6.07) is 15.9. The van der Waals surface area contributed by atoms with Crippen LogP contribution in [0.5, 0.6) is 11.5 Å². The van der Waals surface area contributed by atoms with Gasteiger partial charge in [-0.3, -0.25) is 0 Å². The Bertz CT molecular complexity index is 1080. The average Bonchev–Trinajstić information content (AvgIpc) is 3.06. The molecule has 0 fully saturated rings. The van der Waals surface area contributed by atoms with Crippen molar-refractivity contribution in [3.05, 3.63) is 54.2 Å². The van der Waals surface area contributed by atoms with Crippen LogP contribution in [0.1, 0.15) is 12.6 Å². The first-order valence-corrected chi connectivity index (χ1v) is 10.1. The fourth-order valence-electron chi connectivity index (χ4n) is 3.21. The molecular weight excluding hydrogens is 392 g/mol. The lowest BCUT2D eigenvalue weighted by Crippen LogP contribution is -2.19. The van der Waals surface area contributed by atoms with Crippen LogP contribution in [-0.2, 0) is 11.4 Å². The van der Waals surface area contributed by atoms with Gasteiger partial charge in [-0.1, -0.05) is 5.16 Å². The van der Waals surface area contributed by atoms with E-state index in [2.05, 4.69) is 39.8 Å². The number of benzene rings is 2. The number of nitrogens with zero attached hydrogens (tertiary/aromatic N) is 4. The number of aromatic nitrogens is 1. The third-order valence-corrected chi connectivity index (χ3v) is 5.06. The van der Waals surface area contributed by atoms with Gasteiger partial charge in [0, 0.05) is 30.7 Å². The molecular formula is C24H30N4O3. The van der Waals surface area contributed by atoms with Crippen LogP contribution in [0.2, 0.25) is 0 Å². The second-order valence-electron chi connectivity index (χ2n) is 7.47. The lowest BCUT2D eigenvalue weighted by Gasteiger charge is -2.13. The van der Waals surface area contributed by atoms with E-state index in [9.17, 15) is 0 Å². The molecule has 3 rings (SSSR count). The molecule has 0 unspecified atom stereocenters. The molecule has 1 aromatic heterocycles. The maximum atomic E-state index is 5.90. The van der Waals surface area contributed by atoms with E-state index in [-0.39, 0.29) is 0 Å². The Balaban J connectivity index is 1.79. The molecule has 7 nitrogen and oxygen atoms in total. The van der Waals surface area contributed by atoms with Gasteiger partial charge in [-0.25, -0.2) is 4.99 Å². The summed E-state index contributed by atoms with van der Waals surface area (Å²) in [7, 11) is 7.17. The Labute approximate surface area is 183 Å². The molecule has 0 saturated heterocycles. The quantitative estimate of drug-likeness (QED) is 0.301. The molecule has 0 aliphatic rings. The highest BCUT2D eigenvalue weighted by Crippen LogP contribution is 2.25. The van der Waals surface area contributed by atoms with Crippen LogP contribution in [0.4, 0.5) is 5.69 Å². The van der Waals surface area contributed by atoms with E-state index in [1.807, 2.05) is 56.3 Å². The van der Waals surface area contributed by atoms with Crippen molar-refractivity contribution in [3.8, 4) is 11.5 Å². The maximum Gasteiger partial charge on any atom is 0.132 e. The van der Waals surface area contributed by atoms with Gasteiger partial charge in [0.15, 0.2) is 0 Å². The Hall–Kier alpha value is -3.48. The molecule has 0 radical (unpaired) electrons. The number of fused-ring (bicyclic) bond motifs is 1. The molecule has 0 spiro atoms. The van der Waals surface area contributed by atoms with Gasteiger partial charge >= 0.3 is 0 Å². The van der Waals surface area contributed by atoms with Gasteiger partial charge in [-0.2, -0.15) is 0 Å². The highest BCUT2D eigenvalue weighted by atomic mass is 16.6. The van der Waals surface area contributed by atoms with Crippen molar-refractivity contribution in [1.82, 2.24) is 9.47 Å². The summed E-state index contributed by atoms with van der Waals surface area (Å²) in [6.45, 7) is 4.97. The molecule has 0 aliphatic heterocycles. The van der Waals surface area contributed by atoms with Gasteiger partial charge < -0.3 is 23.8 Å². The van der Waals surface area contributed by atoms with Crippen molar-refractivity contribution in [1.29, 1.82) is 0 Å². The van der Waals surface area contributed by atoms with Gasteiger partial charge in [-0.05, 0) is 62.4 Å². The molecule has 0 aliphatic carbocycles. The molecule has 3 aromatic rings. The number of amidine groups is 1. The monoisotopic (exact) mass is 422 g/mol. The normalized spacial score (nSPS) is 12.2. The number of aliphatic imine (C=N–C) groups is 1. The van der Waals surface area contributed by atoms with Crippen molar-refractivity contribution in [2.75, 3.05) is 34.9 Å². The summed E-state index contributed by atoms with van der Waals surface area (Å²) in [5.74, 6) is 2.50. The van der Waals surface area contributed by atoms with Crippen LogP contribution in [0, 0.1) is 6.92 Å². The zero-order valence-electron chi connectivity index (χ0n) is 19.0. The Morgan fingerprint density at radius 1 is 1.00 bits per heavy atom. The summed E-state index contributed by atoms with van der Waals surface area (Å²) in [5.41, 5.74) is 3.97. The second-order valence-corrected chi connectivity index (χ2v) is 7.47. The molecule has 0 atom stereocenters. The SMILES string of the molecule is CO/N=C(\COc1ccc(OC)cc1)Cn1c(C)cc2cc(/N=C(\C)N(C)C)ccc21. The third kappa shape index (κ3) is 5.57. The van der Waals surface area contributed by atoms with Gasteiger partial charge in [0.1, 0.15) is 36.8 Å². The molecule has 1 heterocycles. The van der Waals surface area contributed by atoms with E-state index in [0.717, 1.165) is 45.3 Å². The summed E-state index contributed by atoms with van der Waals surface area (Å²) < 4.78 is 13.3. The largest absolute Gasteiger partial charge is 0.497 e. The molecule has 0 saturated carbocycles. The number of methoxy groups -OCH3 is 1. The molecule has 2 aromatic carbocycles. The van der Waals surface area contributed by atoms with Crippen molar-refractivity contribution >= 4 is 28.1 Å². The number of ether oxygens (including phenoxy) is 2. The molecule has 0 N–H and O–H groups in total. The lowest BCUT2D eigenvalue weighted by molar-refractivity contribution is 0.208. The first kappa shape index (κ1) is 22.2. The van der Waals surface area contributed by atoms with Gasteiger partial charge in [-0.15, -0.1) is 0 Å². The smallest absolute Gasteiger partial charge is 0.132 e. The van der Waals surface area contributed by atoms with Crippen LogP contribution < -0.4 is 9.47 Å². The van der Waals surface area contributed by atoms with Crippen molar-refractivity contribution in [3.63, 3.8) is 0 Å². The number of rotatable bonds is 8. The van der Waals surface area contributed by atoms with E-state index in [4.69, 9.17) is 14.3 Å². The van der Waals surface area contributed by atoms with Crippen molar-refractivity contribution < 1.29 is 14.3 Å². The summed E-state index contributed by atoms with van der Waals surface area (Å²) in [5, 5.41) is 5.33. The minimum absolute atomic E-state index is 0.323. The zero-order chi connectivity index (χ0) is 22.4. The van der Waals surface area contributed by atoms with Crippen LogP contribution in [0.3, 0.4) is 0 Å².